The van der Waals surface area contributed by atoms with Crippen molar-refractivity contribution in [3.63, 3.8) is 0 Å². The summed E-state index contributed by atoms with van der Waals surface area (Å²) in [5.41, 5.74) is 11.1. The van der Waals surface area contributed by atoms with E-state index in [-0.39, 0.29) is 10.8 Å². The van der Waals surface area contributed by atoms with Crippen LogP contribution in [0, 0.1) is 22.7 Å². The van der Waals surface area contributed by atoms with E-state index in [4.69, 9.17) is 4.98 Å². The van der Waals surface area contributed by atoms with E-state index in [1.807, 2.05) is 12.3 Å². The summed E-state index contributed by atoms with van der Waals surface area (Å²) < 4.78 is 2.37. The van der Waals surface area contributed by atoms with Gasteiger partial charge in [0, 0.05) is 39.5 Å². The molecule has 240 valence electrons. The number of aromatic nitrogens is 2. The summed E-state index contributed by atoms with van der Waals surface area (Å²) in [5.74, 6) is 1.96. The number of hydrogen-bond donors (Lipinski definition) is 0. The molecule has 1 saturated carbocycles. The molecule has 0 amide bonds. The number of anilines is 2. The molecule has 3 aromatic carbocycles. The molecule has 0 bridgehead atoms. The maximum atomic E-state index is 4.84. The molecular weight excluding hydrogens is 595 g/mol. The molecule has 4 aliphatic carbocycles. The molecule has 3 nitrogen and oxygen atoms in total. The molecule has 0 saturated heterocycles. The smallest absolute Gasteiger partial charge is 0.137 e. The molecule has 3 atom stereocenters. The first-order valence-electron chi connectivity index (χ1n) is 17.5. The van der Waals surface area contributed by atoms with Gasteiger partial charge in [-0.2, -0.15) is 0 Å². The topological polar surface area (TPSA) is 21.1 Å². The Balaban J connectivity index is 1.10. The minimum Gasteiger partial charge on any atom is -0.309 e. The van der Waals surface area contributed by atoms with Gasteiger partial charge >= 0.3 is 0 Å². The van der Waals surface area contributed by atoms with Gasteiger partial charge in [-0.05, 0) is 101 Å². The Morgan fingerprint density at radius 2 is 1.63 bits per heavy atom. The van der Waals surface area contributed by atoms with E-state index in [1.165, 1.54) is 44.3 Å². The summed E-state index contributed by atoms with van der Waals surface area (Å²) in [6.45, 7) is 11.7. The van der Waals surface area contributed by atoms with Gasteiger partial charge in [0.15, 0.2) is 0 Å². The van der Waals surface area contributed by atoms with Crippen LogP contribution < -0.4 is 4.90 Å². The molecule has 0 spiro atoms. The van der Waals surface area contributed by atoms with Crippen LogP contribution in [0.1, 0.15) is 33.6 Å². The predicted molar refractivity (Wildman–Crippen MR) is 206 cm³/mol. The van der Waals surface area contributed by atoms with Crippen molar-refractivity contribution in [1.29, 1.82) is 0 Å². The molecule has 4 aliphatic rings. The highest BCUT2D eigenvalue weighted by Gasteiger charge is 2.58. The van der Waals surface area contributed by atoms with Gasteiger partial charge in [0.2, 0.25) is 0 Å². The second-order valence-electron chi connectivity index (χ2n) is 14.7. The first-order chi connectivity index (χ1) is 23.8. The maximum absolute atomic E-state index is 4.84. The zero-order valence-corrected chi connectivity index (χ0v) is 28.5. The lowest BCUT2D eigenvalue weighted by Crippen LogP contribution is -2.34. The van der Waals surface area contributed by atoms with Gasteiger partial charge in [0.1, 0.15) is 5.82 Å². The van der Waals surface area contributed by atoms with Crippen LogP contribution in [0.25, 0.3) is 38.6 Å². The van der Waals surface area contributed by atoms with E-state index in [0.717, 1.165) is 29.9 Å². The molecule has 3 heteroatoms. The molecule has 0 aliphatic heterocycles. The Kier molecular flexibility index (Phi) is 6.71. The lowest BCUT2D eigenvalue weighted by molar-refractivity contribution is 0.180. The molecule has 3 unspecified atom stereocenters. The molecule has 5 aromatic rings. The zero-order valence-electron chi connectivity index (χ0n) is 28.5. The van der Waals surface area contributed by atoms with Gasteiger partial charge in [-0.25, -0.2) is 4.98 Å². The summed E-state index contributed by atoms with van der Waals surface area (Å²) in [4.78, 5) is 7.17. The van der Waals surface area contributed by atoms with Crippen LogP contribution in [0.5, 0.6) is 0 Å². The highest BCUT2D eigenvalue weighted by atomic mass is 15.2. The van der Waals surface area contributed by atoms with E-state index in [2.05, 4.69) is 170 Å². The van der Waals surface area contributed by atoms with Crippen molar-refractivity contribution in [3.8, 4) is 11.1 Å². The normalized spacial score (nSPS) is 23.7. The average Bonchev–Trinajstić information content (AvgIpc) is 3.55. The first-order valence-corrected chi connectivity index (χ1v) is 17.5. The number of allylic oxidation sites excluding steroid dienone is 12. The second kappa shape index (κ2) is 11.1. The Hall–Kier alpha value is -5.41. The van der Waals surface area contributed by atoms with Crippen molar-refractivity contribution in [2.24, 2.45) is 22.7 Å². The van der Waals surface area contributed by atoms with Crippen molar-refractivity contribution in [3.05, 3.63) is 169 Å². The van der Waals surface area contributed by atoms with Crippen LogP contribution in [-0.2, 0) is 0 Å². The third-order valence-electron chi connectivity index (χ3n) is 12.0. The van der Waals surface area contributed by atoms with Crippen LogP contribution in [0.15, 0.2) is 169 Å². The summed E-state index contributed by atoms with van der Waals surface area (Å²) in [5, 5.41) is 2.51. The standard InChI is InChI=1S/C46H41N3/c1-31-13-5-7-16-41(31)49-42-17-8-6-14-36(42)38-29-33(21-26-43(38)49)32-19-22-34(23-20-32)48(44-18-10-12-28-47-44)35-24-25-37-39-15-9-11-27-46(39,4)45(2,3)40(37)30-35/h5-12,14-24,26-30,37,39H,1,13,25H2,2-4H3. The maximum Gasteiger partial charge on any atom is 0.137 e. The quantitative estimate of drug-likeness (QED) is 0.192. The third-order valence-corrected chi connectivity index (χ3v) is 12.0. The van der Waals surface area contributed by atoms with Gasteiger partial charge < -0.3 is 4.57 Å². The Morgan fingerprint density at radius 3 is 2.45 bits per heavy atom. The van der Waals surface area contributed by atoms with Crippen molar-refractivity contribution < 1.29 is 0 Å². The highest BCUT2D eigenvalue weighted by molar-refractivity contribution is 6.12. The summed E-state index contributed by atoms with van der Waals surface area (Å²) in [6.07, 6.45) is 24.6. The molecular formula is C46H41N3. The van der Waals surface area contributed by atoms with Gasteiger partial charge in [-0.1, -0.05) is 118 Å². The molecule has 49 heavy (non-hydrogen) atoms. The molecule has 2 heterocycles. The van der Waals surface area contributed by atoms with E-state index < -0.39 is 0 Å². The van der Waals surface area contributed by atoms with Crippen molar-refractivity contribution in [2.75, 3.05) is 4.90 Å². The molecule has 0 radical (unpaired) electrons. The number of para-hydroxylation sites is 1. The van der Waals surface area contributed by atoms with E-state index in [9.17, 15) is 0 Å². The van der Waals surface area contributed by atoms with E-state index in [1.54, 1.807) is 5.57 Å². The van der Waals surface area contributed by atoms with E-state index >= 15 is 0 Å². The zero-order chi connectivity index (χ0) is 33.3. The van der Waals surface area contributed by atoms with Crippen molar-refractivity contribution >= 4 is 39.0 Å². The highest BCUT2D eigenvalue weighted by Crippen LogP contribution is 2.65. The fraction of sp³-hybridized carbons (Fsp3) is 0.196. The number of rotatable bonds is 5. The minimum atomic E-state index is 0.0436. The summed E-state index contributed by atoms with van der Waals surface area (Å²) in [7, 11) is 0. The van der Waals surface area contributed by atoms with Crippen LogP contribution in [-0.4, -0.2) is 9.55 Å². The first kappa shape index (κ1) is 29.7. The number of nitrogens with zero attached hydrogens (tertiary/aromatic N) is 3. The SMILES string of the molecule is C=C1CC=CC=C1n1c2ccccc2c2cc(-c3ccc(N(C4=CCC5C(=C4)C(C)(C)C4(C)C=CC=CC54)c4ccccn4)cc3)ccc21. The van der Waals surface area contributed by atoms with Gasteiger partial charge in [0.05, 0.1) is 11.0 Å². The Bertz CT molecular complexity index is 2340. The van der Waals surface area contributed by atoms with Crippen LogP contribution >= 0.6 is 0 Å². The number of hydrogen-bond acceptors (Lipinski definition) is 2. The monoisotopic (exact) mass is 635 g/mol. The Labute approximate surface area is 289 Å². The van der Waals surface area contributed by atoms with Gasteiger partial charge in [0.25, 0.3) is 0 Å². The fourth-order valence-electron chi connectivity index (χ4n) is 9.02. The molecule has 9 rings (SSSR count). The molecule has 1 fully saturated rings. The van der Waals surface area contributed by atoms with E-state index in [0.29, 0.717) is 11.8 Å². The van der Waals surface area contributed by atoms with Gasteiger partial charge in [-0.3, -0.25) is 4.90 Å². The fourth-order valence-corrected chi connectivity index (χ4v) is 9.02. The van der Waals surface area contributed by atoms with Crippen molar-refractivity contribution in [2.45, 2.75) is 33.6 Å². The van der Waals surface area contributed by atoms with Crippen LogP contribution in [0.3, 0.4) is 0 Å². The third kappa shape index (κ3) is 4.45. The number of pyridine rings is 1. The molecule has 0 N–H and O–H groups in total. The predicted octanol–water partition coefficient (Wildman–Crippen LogP) is 12.0. The van der Waals surface area contributed by atoms with Gasteiger partial charge in [-0.15, -0.1) is 0 Å². The summed E-state index contributed by atoms with van der Waals surface area (Å²) >= 11 is 0. The Morgan fingerprint density at radius 1 is 0.837 bits per heavy atom. The summed E-state index contributed by atoms with van der Waals surface area (Å²) in [6, 6.07) is 30.8. The minimum absolute atomic E-state index is 0.0436. The average molecular weight is 636 g/mol. The van der Waals surface area contributed by atoms with Crippen molar-refractivity contribution in [1.82, 2.24) is 9.55 Å². The second-order valence-corrected chi connectivity index (χ2v) is 14.7. The number of fused-ring (bicyclic) bond motifs is 6. The number of benzene rings is 3. The lowest BCUT2D eigenvalue weighted by atomic mass is 9.63. The molecule has 2 aromatic heterocycles. The van der Waals surface area contributed by atoms with Crippen LogP contribution in [0.4, 0.5) is 11.5 Å². The largest absolute Gasteiger partial charge is 0.309 e. The van der Waals surface area contributed by atoms with Crippen LogP contribution in [0.2, 0.25) is 0 Å². The lowest BCUT2D eigenvalue weighted by Gasteiger charge is -2.41.